The number of para-hydroxylation sites is 1. The Morgan fingerprint density at radius 1 is 1.00 bits per heavy atom. The standard InChI is InChI=1S/C8H4Cl3F3O/c9-8(10,11)15-6-4-2-1-3-5(6)7(12,13)14/h1-4H. The smallest absolute Gasteiger partial charge is 0.419 e. The molecule has 0 atom stereocenters. The third kappa shape index (κ3) is 3.97. The van der Waals surface area contributed by atoms with Crippen LogP contribution < -0.4 is 4.74 Å². The second-order valence-corrected chi connectivity index (χ2v) is 4.72. The molecular formula is C8H4Cl3F3O. The van der Waals surface area contributed by atoms with Crippen LogP contribution in [0.3, 0.4) is 0 Å². The summed E-state index contributed by atoms with van der Waals surface area (Å²) >= 11 is 15.7. The van der Waals surface area contributed by atoms with Crippen LogP contribution in [0.15, 0.2) is 24.3 Å². The predicted molar refractivity (Wildman–Crippen MR) is 52.4 cm³/mol. The van der Waals surface area contributed by atoms with Gasteiger partial charge in [0.05, 0.1) is 5.56 Å². The number of alkyl halides is 6. The molecule has 0 saturated heterocycles. The molecule has 0 bridgehead atoms. The lowest BCUT2D eigenvalue weighted by Crippen LogP contribution is -2.16. The highest BCUT2D eigenvalue weighted by Gasteiger charge is 2.36. The van der Waals surface area contributed by atoms with Gasteiger partial charge in [0.1, 0.15) is 5.75 Å². The fourth-order valence-electron chi connectivity index (χ4n) is 0.915. The van der Waals surface area contributed by atoms with Gasteiger partial charge in [-0.2, -0.15) is 13.2 Å². The Kier molecular flexibility index (Phi) is 3.63. The van der Waals surface area contributed by atoms with Gasteiger partial charge >= 0.3 is 10.2 Å². The Morgan fingerprint density at radius 2 is 1.53 bits per heavy atom. The summed E-state index contributed by atoms with van der Waals surface area (Å²) in [7, 11) is 0. The van der Waals surface area contributed by atoms with E-state index in [0.29, 0.717) is 0 Å². The quantitative estimate of drug-likeness (QED) is 0.692. The SMILES string of the molecule is FC(F)(F)c1ccccc1OC(Cl)(Cl)Cl. The van der Waals surface area contributed by atoms with Gasteiger partial charge in [-0.1, -0.05) is 12.1 Å². The van der Waals surface area contributed by atoms with Crippen LogP contribution in [0.5, 0.6) is 5.75 Å². The maximum absolute atomic E-state index is 12.4. The van der Waals surface area contributed by atoms with E-state index in [2.05, 4.69) is 4.74 Å². The second kappa shape index (κ2) is 4.28. The van der Waals surface area contributed by atoms with Crippen molar-refractivity contribution in [3.63, 3.8) is 0 Å². The molecular weight excluding hydrogens is 275 g/mol. The van der Waals surface area contributed by atoms with Gasteiger partial charge in [-0.05, 0) is 46.9 Å². The zero-order valence-corrected chi connectivity index (χ0v) is 9.25. The lowest BCUT2D eigenvalue weighted by Gasteiger charge is -2.17. The maximum Gasteiger partial charge on any atom is 0.419 e. The number of hydrogen-bond donors (Lipinski definition) is 0. The van der Waals surface area contributed by atoms with Crippen molar-refractivity contribution >= 4 is 34.8 Å². The summed E-state index contributed by atoms with van der Waals surface area (Å²) in [5.41, 5.74) is -0.990. The van der Waals surface area contributed by atoms with Crippen LogP contribution in [0.1, 0.15) is 5.56 Å². The fourth-order valence-corrected chi connectivity index (χ4v) is 1.16. The van der Waals surface area contributed by atoms with Crippen LogP contribution in [-0.2, 0) is 6.18 Å². The van der Waals surface area contributed by atoms with Crippen molar-refractivity contribution in [3.8, 4) is 5.75 Å². The van der Waals surface area contributed by atoms with Crippen LogP contribution in [-0.4, -0.2) is 3.98 Å². The summed E-state index contributed by atoms with van der Waals surface area (Å²) in [5.74, 6) is -0.523. The normalized spacial score (nSPS) is 12.7. The minimum atomic E-state index is -4.55. The first-order valence-corrected chi connectivity index (χ1v) is 4.75. The van der Waals surface area contributed by atoms with Gasteiger partial charge in [-0.25, -0.2) is 0 Å². The van der Waals surface area contributed by atoms with E-state index in [1.807, 2.05) is 0 Å². The van der Waals surface area contributed by atoms with E-state index in [9.17, 15) is 13.2 Å². The lowest BCUT2D eigenvalue weighted by atomic mass is 10.2. The molecule has 1 aromatic carbocycles. The molecule has 0 aromatic heterocycles. The van der Waals surface area contributed by atoms with Crippen molar-refractivity contribution in [3.05, 3.63) is 29.8 Å². The van der Waals surface area contributed by atoms with E-state index >= 15 is 0 Å². The fraction of sp³-hybridized carbons (Fsp3) is 0.250. The molecule has 0 saturated carbocycles. The molecule has 0 unspecified atom stereocenters. The first-order chi connectivity index (χ1) is 6.70. The van der Waals surface area contributed by atoms with E-state index in [1.165, 1.54) is 12.1 Å². The van der Waals surface area contributed by atoms with Gasteiger partial charge in [0, 0.05) is 0 Å². The van der Waals surface area contributed by atoms with E-state index < -0.39 is 21.5 Å². The Hall–Kier alpha value is -0.320. The molecule has 7 heteroatoms. The van der Waals surface area contributed by atoms with Gasteiger partial charge < -0.3 is 4.74 Å². The van der Waals surface area contributed by atoms with E-state index in [1.54, 1.807) is 0 Å². The van der Waals surface area contributed by atoms with Crippen molar-refractivity contribution in [2.24, 2.45) is 0 Å². The average molecular weight is 279 g/mol. The lowest BCUT2D eigenvalue weighted by molar-refractivity contribution is -0.139. The van der Waals surface area contributed by atoms with Crippen LogP contribution in [0.2, 0.25) is 0 Å². The molecule has 0 radical (unpaired) electrons. The molecule has 0 heterocycles. The summed E-state index contributed by atoms with van der Waals surface area (Å²) < 4.78 is 39.6. The van der Waals surface area contributed by atoms with Gasteiger partial charge in [0.2, 0.25) is 0 Å². The molecule has 0 fully saturated rings. The molecule has 0 spiro atoms. The van der Waals surface area contributed by atoms with Crippen molar-refractivity contribution in [2.45, 2.75) is 10.2 Å². The van der Waals surface area contributed by atoms with Gasteiger partial charge in [-0.15, -0.1) is 0 Å². The topological polar surface area (TPSA) is 9.23 Å². The monoisotopic (exact) mass is 278 g/mol. The number of ether oxygens (including phenoxy) is 1. The molecule has 84 valence electrons. The van der Waals surface area contributed by atoms with Crippen molar-refractivity contribution in [2.75, 3.05) is 0 Å². The third-order valence-corrected chi connectivity index (χ3v) is 1.65. The van der Waals surface area contributed by atoms with Crippen LogP contribution in [0, 0.1) is 0 Å². The van der Waals surface area contributed by atoms with Crippen LogP contribution in [0.4, 0.5) is 13.2 Å². The molecule has 15 heavy (non-hydrogen) atoms. The number of benzene rings is 1. The minimum Gasteiger partial charge on any atom is -0.445 e. The summed E-state index contributed by atoms with van der Waals surface area (Å²) in [6, 6.07) is 4.48. The minimum absolute atomic E-state index is 0.523. The Bertz CT molecular complexity index is 346. The highest BCUT2D eigenvalue weighted by Crippen LogP contribution is 2.39. The second-order valence-electron chi connectivity index (χ2n) is 2.54. The number of hydrogen-bond acceptors (Lipinski definition) is 1. The number of halogens is 6. The van der Waals surface area contributed by atoms with E-state index in [0.717, 1.165) is 12.1 Å². The highest BCUT2D eigenvalue weighted by atomic mass is 35.6. The van der Waals surface area contributed by atoms with E-state index in [4.69, 9.17) is 34.8 Å². The Labute approximate surface area is 98.7 Å². The van der Waals surface area contributed by atoms with Crippen LogP contribution >= 0.6 is 34.8 Å². The molecule has 1 nitrogen and oxygen atoms in total. The highest BCUT2D eigenvalue weighted by molar-refractivity contribution is 6.66. The van der Waals surface area contributed by atoms with Crippen LogP contribution in [0.25, 0.3) is 0 Å². The zero-order valence-electron chi connectivity index (χ0n) is 6.99. The maximum atomic E-state index is 12.4. The van der Waals surface area contributed by atoms with E-state index in [-0.39, 0.29) is 0 Å². The summed E-state index contributed by atoms with van der Waals surface area (Å²) in [6.07, 6.45) is -4.55. The molecule has 0 aliphatic carbocycles. The van der Waals surface area contributed by atoms with Crippen molar-refractivity contribution in [1.29, 1.82) is 0 Å². The first-order valence-electron chi connectivity index (χ1n) is 3.62. The Balaban J connectivity index is 3.08. The summed E-state index contributed by atoms with van der Waals surface area (Å²) in [4.78, 5) is 0. The summed E-state index contributed by atoms with van der Waals surface area (Å²) in [5, 5.41) is 0. The van der Waals surface area contributed by atoms with Crippen molar-refractivity contribution in [1.82, 2.24) is 0 Å². The molecule has 0 aliphatic heterocycles. The Morgan fingerprint density at radius 3 is 2.00 bits per heavy atom. The van der Waals surface area contributed by atoms with Crippen molar-refractivity contribution < 1.29 is 17.9 Å². The molecule has 1 aromatic rings. The van der Waals surface area contributed by atoms with Gasteiger partial charge in [0.15, 0.2) is 0 Å². The van der Waals surface area contributed by atoms with Gasteiger partial charge in [-0.3, -0.25) is 0 Å². The molecule has 0 N–H and O–H groups in total. The average Bonchev–Trinajstić information content (AvgIpc) is 1.99. The number of rotatable bonds is 1. The molecule has 0 aliphatic rings. The third-order valence-electron chi connectivity index (χ3n) is 1.42. The molecule has 0 amide bonds. The molecule has 1 rings (SSSR count). The van der Waals surface area contributed by atoms with Gasteiger partial charge in [0.25, 0.3) is 0 Å². The zero-order chi connectivity index (χ0) is 11.7. The largest absolute Gasteiger partial charge is 0.445 e. The predicted octanol–water partition coefficient (Wildman–Crippen LogP) is 4.41. The summed E-state index contributed by atoms with van der Waals surface area (Å²) in [6.45, 7) is 0. The first kappa shape index (κ1) is 12.7.